The molecule has 8 heteroatoms. The van der Waals surface area contributed by atoms with Crippen molar-refractivity contribution in [2.45, 2.75) is 62.3 Å². The molecule has 1 saturated carbocycles. The Kier molecular flexibility index (Phi) is 5.81. The lowest BCUT2D eigenvalue weighted by Crippen LogP contribution is -2.37. The molecule has 1 heterocycles. The van der Waals surface area contributed by atoms with Gasteiger partial charge in [-0.05, 0) is 31.2 Å². The fourth-order valence-corrected chi connectivity index (χ4v) is 4.75. The minimum absolute atomic E-state index is 0.00780. The summed E-state index contributed by atoms with van der Waals surface area (Å²) >= 11 is 0.961. The Bertz CT molecular complexity index is 911. The van der Waals surface area contributed by atoms with Gasteiger partial charge in [-0.3, -0.25) is 4.79 Å². The highest BCUT2D eigenvalue weighted by Gasteiger charge is 2.38. The summed E-state index contributed by atoms with van der Waals surface area (Å²) in [6, 6.07) is 7.55. The number of halogens is 3. The molecule has 0 aliphatic heterocycles. The fraction of sp³-hybridized carbons (Fsp3) is 0.476. The maximum absolute atomic E-state index is 13.7. The van der Waals surface area contributed by atoms with Crippen molar-refractivity contribution in [3.63, 3.8) is 0 Å². The van der Waals surface area contributed by atoms with E-state index in [-0.39, 0.29) is 34.8 Å². The predicted octanol–water partition coefficient (Wildman–Crippen LogP) is 4.80. The van der Waals surface area contributed by atoms with Gasteiger partial charge in [0.05, 0.1) is 11.4 Å². The topological polar surface area (TPSA) is 54.9 Å². The van der Waals surface area contributed by atoms with Gasteiger partial charge in [-0.25, -0.2) is 9.97 Å². The number of rotatable bonds is 4. The number of thioether (sulfide) groups is 1. The first-order valence-electron chi connectivity index (χ1n) is 9.90. The summed E-state index contributed by atoms with van der Waals surface area (Å²) in [5.41, 5.74) is 1.30. The lowest BCUT2D eigenvalue weighted by atomic mass is 9.88. The van der Waals surface area contributed by atoms with Crippen LogP contribution in [0.4, 0.5) is 13.2 Å². The number of carbonyl (C=O) groups is 1. The summed E-state index contributed by atoms with van der Waals surface area (Å²) in [4.78, 5) is 20.5. The van der Waals surface area contributed by atoms with Gasteiger partial charge in [-0.1, -0.05) is 55.3 Å². The van der Waals surface area contributed by atoms with Crippen molar-refractivity contribution in [1.29, 1.82) is 0 Å². The van der Waals surface area contributed by atoms with Gasteiger partial charge in [0.2, 0.25) is 5.91 Å². The van der Waals surface area contributed by atoms with Gasteiger partial charge in [-0.2, -0.15) is 13.2 Å². The molecule has 2 aliphatic carbocycles. The van der Waals surface area contributed by atoms with Crippen LogP contribution in [0.1, 0.15) is 48.9 Å². The van der Waals surface area contributed by atoms with E-state index in [0.29, 0.717) is 12.1 Å². The Morgan fingerprint density at radius 2 is 1.86 bits per heavy atom. The second-order valence-corrected chi connectivity index (χ2v) is 8.47. The smallest absolute Gasteiger partial charge is 0.353 e. The molecule has 1 aromatic carbocycles. The molecule has 4 rings (SSSR count). The Hall–Kier alpha value is -2.09. The Morgan fingerprint density at radius 1 is 1.10 bits per heavy atom. The van der Waals surface area contributed by atoms with Crippen molar-refractivity contribution in [2.24, 2.45) is 0 Å². The number of aromatic nitrogens is 2. The normalized spacial score (nSPS) is 16.8. The second-order valence-electron chi connectivity index (χ2n) is 7.53. The van der Waals surface area contributed by atoms with Crippen LogP contribution in [-0.4, -0.2) is 27.7 Å². The average Bonchev–Trinajstić information content (AvgIpc) is 2.71. The number of alkyl halides is 3. The third-order valence-electron chi connectivity index (χ3n) is 5.47. The quantitative estimate of drug-likeness (QED) is 0.569. The molecule has 29 heavy (non-hydrogen) atoms. The largest absolute Gasteiger partial charge is 0.433 e. The third-order valence-corrected chi connectivity index (χ3v) is 6.32. The van der Waals surface area contributed by atoms with Crippen molar-refractivity contribution in [3.8, 4) is 11.3 Å². The zero-order valence-corrected chi connectivity index (χ0v) is 16.7. The molecule has 1 amide bonds. The molecular formula is C21H22F3N3OS. The van der Waals surface area contributed by atoms with Gasteiger partial charge in [0.1, 0.15) is 0 Å². The number of nitrogens with zero attached hydrogens (tertiary/aromatic N) is 2. The van der Waals surface area contributed by atoms with Crippen molar-refractivity contribution < 1.29 is 18.0 Å². The van der Waals surface area contributed by atoms with E-state index in [1.54, 1.807) is 12.1 Å². The predicted molar refractivity (Wildman–Crippen MR) is 106 cm³/mol. The number of carbonyl (C=O) groups excluding carboxylic acids is 1. The summed E-state index contributed by atoms with van der Waals surface area (Å²) in [6.45, 7) is 0. The molecule has 0 unspecified atom stereocenters. The number of aryl methyl sites for hydroxylation is 1. The maximum atomic E-state index is 13.7. The lowest BCUT2D eigenvalue weighted by molar-refractivity contribution is -0.142. The number of benzene rings is 1. The Morgan fingerprint density at radius 3 is 2.62 bits per heavy atom. The Balaban J connectivity index is 1.57. The zero-order valence-electron chi connectivity index (χ0n) is 15.9. The van der Waals surface area contributed by atoms with Gasteiger partial charge in [0, 0.05) is 17.2 Å². The van der Waals surface area contributed by atoms with Gasteiger partial charge in [0.15, 0.2) is 10.9 Å². The minimum atomic E-state index is -4.56. The van der Waals surface area contributed by atoms with Crippen molar-refractivity contribution in [2.75, 3.05) is 5.75 Å². The van der Waals surface area contributed by atoms with E-state index in [2.05, 4.69) is 15.3 Å². The van der Waals surface area contributed by atoms with Crippen LogP contribution in [0.25, 0.3) is 11.3 Å². The first kappa shape index (κ1) is 20.2. The number of amides is 1. The number of fused-ring (bicyclic) bond motifs is 3. The van der Waals surface area contributed by atoms with Crippen LogP contribution in [0.2, 0.25) is 0 Å². The van der Waals surface area contributed by atoms with E-state index >= 15 is 0 Å². The second kappa shape index (κ2) is 8.34. The van der Waals surface area contributed by atoms with Crippen LogP contribution < -0.4 is 5.32 Å². The van der Waals surface area contributed by atoms with Gasteiger partial charge < -0.3 is 5.32 Å². The molecule has 154 valence electrons. The van der Waals surface area contributed by atoms with Crippen LogP contribution in [0, 0.1) is 0 Å². The Labute approximate surface area is 171 Å². The third kappa shape index (κ3) is 4.57. The first-order chi connectivity index (χ1) is 13.9. The van der Waals surface area contributed by atoms with Gasteiger partial charge >= 0.3 is 6.18 Å². The van der Waals surface area contributed by atoms with E-state index in [4.69, 9.17) is 0 Å². The van der Waals surface area contributed by atoms with Crippen LogP contribution in [0.5, 0.6) is 0 Å². The molecule has 1 aromatic heterocycles. The van der Waals surface area contributed by atoms with Crippen LogP contribution in [0.15, 0.2) is 29.4 Å². The highest BCUT2D eigenvalue weighted by atomic mass is 32.2. The van der Waals surface area contributed by atoms with E-state index in [1.807, 2.05) is 12.1 Å². The molecule has 0 radical (unpaired) electrons. The summed E-state index contributed by atoms with van der Waals surface area (Å²) in [5, 5.41) is 2.97. The number of nitrogens with one attached hydrogen (secondary N) is 1. The SMILES string of the molecule is O=C(CSc1nc2c(c(C(F)(F)F)n1)CCc1ccccc1-2)NC1CCCCC1. The molecule has 2 aliphatic rings. The highest BCUT2D eigenvalue weighted by molar-refractivity contribution is 7.99. The molecule has 0 bridgehead atoms. The van der Waals surface area contributed by atoms with Gasteiger partial charge in [-0.15, -0.1) is 0 Å². The minimum Gasteiger partial charge on any atom is -0.353 e. The molecule has 1 fully saturated rings. The zero-order chi connectivity index (χ0) is 20.4. The summed E-state index contributed by atoms with van der Waals surface area (Å²) < 4.78 is 41.0. The fourth-order valence-electron chi connectivity index (χ4n) is 4.10. The number of hydrogen-bond donors (Lipinski definition) is 1. The van der Waals surface area contributed by atoms with E-state index < -0.39 is 11.9 Å². The van der Waals surface area contributed by atoms with Crippen molar-refractivity contribution in [3.05, 3.63) is 41.1 Å². The molecule has 0 atom stereocenters. The summed E-state index contributed by atoms with van der Waals surface area (Å²) in [6.07, 6.45) is 1.53. The molecule has 1 N–H and O–H groups in total. The lowest BCUT2D eigenvalue weighted by Gasteiger charge is -2.23. The average molecular weight is 421 g/mol. The number of hydrogen-bond acceptors (Lipinski definition) is 4. The molecule has 2 aromatic rings. The van der Waals surface area contributed by atoms with E-state index in [1.165, 1.54) is 6.42 Å². The maximum Gasteiger partial charge on any atom is 0.433 e. The van der Waals surface area contributed by atoms with Crippen molar-refractivity contribution >= 4 is 17.7 Å². The summed E-state index contributed by atoms with van der Waals surface area (Å²) in [7, 11) is 0. The van der Waals surface area contributed by atoms with Crippen LogP contribution >= 0.6 is 11.8 Å². The molecular weight excluding hydrogens is 399 g/mol. The highest BCUT2D eigenvalue weighted by Crippen LogP contribution is 2.40. The first-order valence-corrected chi connectivity index (χ1v) is 10.9. The molecule has 0 spiro atoms. The van der Waals surface area contributed by atoms with E-state index in [9.17, 15) is 18.0 Å². The monoisotopic (exact) mass is 421 g/mol. The molecule has 0 saturated heterocycles. The molecule has 4 nitrogen and oxygen atoms in total. The van der Waals surface area contributed by atoms with Crippen LogP contribution in [0.3, 0.4) is 0 Å². The van der Waals surface area contributed by atoms with E-state index in [0.717, 1.165) is 48.6 Å². The summed E-state index contributed by atoms with van der Waals surface area (Å²) in [5.74, 6) is -0.175. The van der Waals surface area contributed by atoms with Crippen molar-refractivity contribution in [1.82, 2.24) is 15.3 Å². The standard InChI is InChI=1S/C21H22F3N3OS/c22-21(23,24)19-16-11-10-13-6-4-5-9-15(13)18(16)26-20(27-19)29-12-17(28)25-14-7-2-1-3-8-14/h4-6,9,14H,1-3,7-8,10-12H2,(H,25,28). The van der Waals surface area contributed by atoms with Crippen LogP contribution in [-0.2, 0) is 23.8 Å². The van der Waals surface area contributed by atoms with Gasteiger partial charge in [0.25, 0.3) is 0 Å².